The summed E-state index contributed by atoms with van der Waals surface area (Å²) in [6, 6.07) is 10.0. The van der Waals surface area contributed by atoms with Crippen LogP contribution in [0, 0.1) is 13.8 Å². The maximum Gasteiger partial charge on any atom is 0.427 e. The Morgan fingerprint density at radius 2 is 1.62 bits per heavy atom. The van der Waals surface area contributed by atoms with Gasteiger partial charge in [0.15, 0.2) is 5.65 Å². The number of hydrogen-bond acceptors (Lipinski definition) is 10. The van der Waals surface area contributed by atoms with Crippen LogP contribution in [0.1, 0.15) is 69.6 Å². The first kappa shape index (κ1) is 32.0. The molecule has 0 spiro atoms. The number of imide groups is 1. The number of pyridine rings is 1. The summed E-state index contributed by atoms with van der Waals surface area (Å²) in [5, 5.41) is 6.25. The van der Waals surface area contributed by atoms with E-state index >= 15 is 0 Å². The zero-order chi connectivity index (χ0) is 32.7. The monoisotopic (exact) mass is 630 g/mol. The first-order chi connectivity index (χ1) is 21.1. The fourth-order valence-electron chi connectivity index (χ4n) is 4.87. The zero-order valence-corrected chi connectivity index (χ0v) is 27.9. The molecule has 45 heavy (non-hydrogen) atoms. The second-order valence-electron chi connectivity index (χ2n) is 12.7. The topological polar surface area (TPSA) is 122 Å². The molecule has 2 amide bonds. The summed E-state index contributed by atoms with van der Waals surface area (Å²) < 4.78 is 18.6. The number of ether oxygens (including phenoxy) is 3. The number of amides is 2. The lowest BCUT2D eigenvalue weighted by molar-refractivity contribution is 0.0427. The van der Waals surface area contributed by atoms with E-state index in [2.05, 4.69) is 4.98 Å². The minimum absolute atomic E-state index is 0.171. The normalized spacial score (nSPS) is 13.2. The van der Waals surface area contributed by atoms with E-state index in [0.717, 1.165) is 38.6 Å². The summed E-state index contributed by atoms with van der Waals surface area (Å²) in [7, 11) is 1.63. The van der Waals surface area contributed by atoms with Crippen LogP contribution >= 0.6 is 11.8 Å². The van der Waals surface area contributed by atoms with Crippen molar-refractivity contribution in [1.82, 2.24) is 24.7 Å². The molecule has 11 nitrogen and oxygen atoms in total. The number of carbonyl (C=O) groups excluding carboxylic acids is 2. The zero-order valence-electron chi connectivity index (χ0n) is 27.1. The van der Waals surface area contributed by atoms with Crippen LogP contribution in [0.3, 0.4) is 0 Å². The Bertz CT molecular complexity index is 1780. The smallest absolute Gasteiger partial charge is 0.427 e. The van der Waals surface area contributed by atoms with Gasteiger partial charge in [-0.1, -0.05) is 30.3 Å². The summed E-state index contributed by atoms with van der Waals surface area (Å²) >= 11 is 1.48. The van der Waals surface area contributed by atoms with Crippen LogP contribution < -0.4 is 9.64 Å². The third kappa shape index (κ3) is 6.95. The van der Waals surface area contributed by atoms with Gasteiger partial charge < -0.3 is 14.2 Å². The van der Waals surface area contributed by atoms with Gasteiger partial charge in [-0.15, -0.1) is 16.7 Å². The van der Waals surface area contributed by atoms with Crippen LogP contribution in [0.2, 0.25) is 0 Å². The molecule has 0 bridgehead atoms. The number of methoxy groups -OCH3 is 1. The van der Waals surface area contributed by atoms with Crippen molar-refractivity contribution < 1.29 is 23.8 Å². The van der Waals surface area contributed by atoms with E-state index in [-0.39, 0.29) is 12.5 Å². The van der Waals surface area contributed by atoms with Crippen molar-refractivity contribution in [2.24, 2.45) is 0 Å². The highest BCUT2D eigenvalue weighted by Crippen LogP contribution is 2.38. The lowest BCUT2D eigenvalue weighted by Crippen LogP contribution is -2.44. The van der Waals surface area contributed by atoms with Gasteiger partial charge in [0.2, 0.25) is 5.95 Å². The molecule has 0 aliphatic carbocycles. The molecule has 0 atom stereocenters. The Balaban J connectivity index is 1.71. The van der Waals surface area contributed by atoms with Crippen LogP contribution in [0.25, 0.3) is 22.7 Å². The van der Waals surface area contributed by atoms with Gasteiger partial charge in [-0.05, 0) is 72.6 Å². The predicted molar refractivity (Wildman–Crippen MR) is 175 cm³/mol. The third-order valence-corrected chi connectivity index (χ3v) is 7.82. The van der Waals surface area contributed by atoms with E-state index in [0.29, 0.717) is 27.5 Å². The SMILES string of the molecule is COc1c(C)cnc(Cn2nc3c4c(nc(N(C(=O)OC(C)(C)C)C(=O)OC(C)(C)C)nc42)SCC(c2ccccc2)=C3)c1C. The number of hydrogen-bond donors (Lipinski definition) is 0. The molecule has 1 aliphatic heterocycles. The highest BCUT2D eigenvalue weighted by atomic mass is 32.2. The van der Waals surface area contributed by atoms with Crippen LogP contribution in [-0.2, 0) is 16.0 Å². The van der Waals surface area contributed by atoms with Crippen molar-refractivity contribution in [2.45, 2.75) is 78.2 Å². The predicted octanol–water partition coefficient (Wildman–Crippen LogP) is 7.22. The number of carbonyl (C=O) groups is 2. The van der Waals surface area contributed by atoms with Gasteiger partial charge in [-0.2, -0.15) is 10.1 Å². The molecule has 236 valence electrons. The molecular formula is C33H38N6O5S. The standard InChI is InChI=1S/C33H38N6O5S/c1-19-16-34-24(20(2)26(19)42-9)17-38-27-25-23(37-38)15-22(21-13-11-10-12-14-21)18-45-28(25)36-29(35-27)39(30(40)43-32(3,4)5)31(41)44-33(6,7)8/h10-16H,17-18H2,1-9H3. The molecule has 0 unspecified atom stereocenters. The van der Waals surface area contributed by atoms with Gasteiger partial charge in [-0.25, -0.2) is 19.3 Å². The van der Waals surface area contributed by atoms with Gasteiger partial charge in [0.1, 0.15) is 22.0 Å². The number of benzene rings is 1. The minimum Gasteiger partial charge on any atom is -0.496 e. The van der Waals surface area contributed by atoms with E-state index in [4.69, 9.17) is 29.3 Å². The number of aryl methyl sites for hydroxylation is 1. The molecular weight excluding hydrogens is 592 g/mol. The van der Waals surface area contributed by atoms with Gasteiger partial charge >= 0.3 is 12.2 Å². The fourth-order valence-corrected chi connectivity index (χ4v) is 5.90. The molecule has 4 aromatic rings. The molecule has 1 aromatic carbocycles. The average Bonchev–Trinajstić information content (AvgIpc) is 3.16. The Kier molecular flexibility index (Phi) is 8.63. The molecule has 1 aliphatic rings. The van der Waals surface area contributed by atoms with Crippen molar-refractivity contribution in [1.29, 1.82) is 0 Å². The third-order valence-electron chi connectivity index (χ3n) is 6.80. The highest BCUT2D eigenvalue weighted by molar-refractivity contribution is 7.99. The van der Waals surface area contributed by atoms with E-state index < -0.39 is 23.4 Å². The molecule has 0 saturated carbocycles. The maximum atomic E-state index is 13.5. The van der Waals surface area contributed by atoms with Crippen LogP contribution in [0.4, 0.5) is 15.5 Å². The van der Waals surface area contributed by atoms with Gasteiger partial charge in [0, 0.05) is 23.1 Å². The second-order valence-corrected chi connectivity index (χ2v) is 13.7. The molecule has 0 fully saturated rings. The molecule has 0 radical (unpaired) electrons. The maximum absolute atomic E-state index is 13.5. The quantitative estimate of drug-likeness (QED) is 0.209. The minimum atomic E-state index is -0.947. The Morgan fingerprint density at radius 3 is 2.22 bits per heavy atom. The van der Waals surface area contributed by atoms with Gasteiger partial charge in [0.25, 0.3) is 0 Å². The number of rotatable bonds is 5. The molecule has 3 aromatic heterocycles. The Labute approximate surface area is 267 Å². The van der Waals surface area contributed by atoms with Crippen molar-refractivity contribution >= 4 is 52.6 Å². The average molecular weight is 631 g/mol. The van der Waals surface area contributed by atoms with E-state index in [1.54, 1.807) is 59.5 Å². The number of thioether (sulfide) groups is 1. The summed E-state index contributed by atoms with van der Waals surface area (Å²) in [6.07, 6.45) is 1.91. The molecule has 4 heterocycles. The largest absolute Gasteiger partial charge is 0.496 e. The first-order valence-corrected chi connectivity index (χ1v) is 15.6. The fraction of sp³-hybridized carbons (Fsp3) is 0.394. The van der Waals surface area contributed by atoms with Crippen LogP contribution in [-0.4, -0.2) is 61.0 Å². The van der Waals surface area contributed by atoms with Crippen molar-refractivity contribution in [3.8, 4) is 5.75 Å². The molecule has 5 rings (SSSR count). The van der Waals surface area contributed by atoms with E-state index in [9.17, 15) is 9.59 Å². The lowest BCUT2D eigenvalue weighted by Gasteiger charge is -2.27. The Hall–Kier alpha value is -4.45. The van der Waals surface area contributed by atoms with Crippen molar-refractivity contribution in [3.63, 3.8) is 0 Å². The highest BCUT2D eigenvalue weighted by Gasteiger charge is 2.36. The lowest BCUT2D eigenvalue weighted by atomic mass is 10.1. The number of anilines is 1. The molecule has 12 heteroatoms. The summed E-state index contributed by atoms with van der Waals surface area (Å²) in [6.45, 7) is 14.5. The molecule has 0 N–H and O–H groups in total. The second kappa shape index (κ2) is 12.2. The van der Waals surface area contributed by atoms with Gasteiger partial charge in [0.05, 0.1) is 30.4 Å². The number of nitrogens with zero attached hydrogens (tertiary/aromatic N) is 6. The van der Waals surface area contributed by atoms with Crippen LogP contribution in [0.5, 0.6) is 5.75 Å². The summed E-state index contributed by atoms with van der Waals surface area (Å²) in [5.74, 6) is 1.16. The van der Waals surface area contributed by atoms with E-state index in [1.165, 1.54) is 11.8 Å². The summed E-state index contributed by atoms with van der Waals surface area (Å²) in [5.41, 5.74) is 3.97. The van der Waals surface area contributed by atoms with Gasteiger partial charge in [-0.3, -0.25) is 4.98 Å². The van der Waals surface area contributed by atoms with Crippen molar-refractivity contribution in [3.05, 3.63) is 64.6 Å². The first-order valence-electron chi connectivity index (χ1n) is 14.6. The Morgan fingerprint density at radius 1 is 0.978 bits per heavy atom. The van der Waals surface area contributed by atoms with Crippen molar-refractivity contribution in [2.75, 3.05) is 17.8 Å². The van der Waals surface area contributed by atoms with E-state index in [1.807, 2.05) is 50.3 Å². The number of aromatic nitrogens is 5. The molecule has 0 saturated heterocycles. The van der Waals surface area contributed by atoms with Crippen LogP contribution in [0.15, 0.2) is 41.6 Å². The summed E-state index contributed by atoms with van der Waals surface area (Å²) in [4.78, 5) is 42.0.